The summed E-state index contributed by atoms with van der Waals surface area (Å²) in [4.78, 5) is 4.53. The summed E-state index contributed by atoms with van der Waals surface area (Å²) >= 11 is 0. The van der Waals surface area contributed by atoms with Crippen LogP contribution < -0.4 is 0 Å². The normalized spacial score (nSPS) is 25.7. The van der Waals surface area contributed by atoms with Gasteiger partial charge < -0.3 is 10.0 Å². The van der Waals surface area contributed by atoms with Crippen LogP contribution in [0.1, 0.15) is 19.8 Å². The monoisotopic (exact) mass is 210 g/mol. The van der Waals surface area contributed by atoms with Crippen molar-refractivity contribution in [1.82, 2.24) is 9.80 Å². The van der Waals surface area contributed by atoms with Gasteiger partial charge in [-0.3, -0.25) is 4.90 Å². The maximum atomic E-state index is 10.1. The molecular weight excluding hydrogens is 188 g/mol. The Morgan fingerprint density at radius 2 is 2.13 bits per heavy atom. The molecule has 1 fully saturated rings. The molecule has 86 valence electrons. The van der Waals surface area contributed by atoms with Crippen LogP contribution in [0.15, 0.2) is 0 Å². The van der Waals surface area contributed by atoms with Crippen LogP contribution in [0.4, 0.5) is 0 Å². The Morgan fingerprint density at radius 1 is 1.40 bits per heavy atom. The lowest BCUT2D eigenvalue weighted by atomic mass is 10.0. The standard InChI is InChI=1S/C12H22N2O/c1-4-5-6-7-12(15)11-10-13(2)8-9-14(11)3/h11-12,15H,6-10H2,1-3H3. The fourth-order valence-corrected chi connectivity index (χ4v) is 2.00. The molecule has 3 nitrogen and oxygen atoms in total. The van der Waals surface area contributed by atoms with Crippen LogP contribution in [-0.2, 0) is 0 Å². The lowest BCUT2D eigenvalue weighted by Gasteiger charge is -2.40. The van der Waals surface area contributed by atoms with E-state index in [1.54, 1.807) is 0 Å². The smallest absolute Gasteiger partial charge is 0.0716 e. The first-order chi connectivity index (χ1) is 7.15. The summed E-state index contributed by atoms with van der Waals surface area (Å²) in [6, 6.07) is 0.266. The van der Waals surface area contributed by atoms with Crippen LogP contribution in [0.5, 0.6) is 0 Å². The maximum Gasteiger partial charge on any atom is 0.0716 e. The molecule has 1 saturated heterocycles. The van der Waals surface area contributed by atoms with Gasteiger partial charge in [-0.1, -0.05) is 0 Å². The first-order valence-corrected chi connectivity index (χ1v) is 5.61. The number of likely N-dealkylation sites (N-methyl/N-ethyl adjacent to an activating group) is 2. The lowest BCUT2D eigenvalue weighted by Crippen LogP contribution is -2.54. The fourth-order valence-electron chi connectivity index (χ4n) is 2.00. The number of aliphatic hydroxyl groups is 1. The van der Waals surface area contributed by atoms with E-state index in [0.29, 0.717) is 0 Å². The van der Waals surface area contributed by atoms with Gasteiger partial charge >= 0.3 is 0 Å². The van der Waals surface area contributed by atoms with E-state index in [2.05, 4.69) is 35.7 Å². The molecule has 1 rings (SSSR count). The van der Waals surface area contributed by atoms with Gasteiger partial charge in [0.1, 0.15) is 0 Å². The van der Waals surface area contributed by atoms with Crippen molar-refractivity contribution in [2.24, 2.45) is 0 Å². The van der Waals surface area contributed by atoms with Crippen LogP contribution in [0.3, 0.4) is 0 Å². The van der Waals surface area contributed by atoms with Crippen LogP contribution in [0.2, 0.25) is 0 Å². The van der Waals surface area contributed by atoms with E-state index < -0.39 is 0 Å². The van der Waals surface area contributed by atoms with Crippen molar-refractivity contribution in [2.75, 3.05) is 33.7 Å². The highest BCUT2D eigenvalue weighted by Crippen LogP contribution is 2.13. The number of rotatable bonds is 3. The summed E-state index contributed by atoms with van der Waals surface area (Å²) in [5, 5.41) is 10.1. The van der Waals surface area contributed by atoms with Gasteiger partial charge in [-0.05, 0) is 27.4 Å². The molecule has 0 amide bonds. The Morgan fingerprint density at radius 3 is 2.80 bits per heavy atom. The number of piperazine rings is 1. The first kappa shape index (κ1) is 12.5. The Kier molecular flexibility index (Phi) is 5.10. The molecule has 0 saturated carbocycles. The lowest BCUT2D eigenvalue weighted by molar-refractivity contribution is 0.0117. The second-order valence-corrected chi connectivity index (χ2v) is 4.34. The highest BCUT2D eigenvalue weighted by Gasteiger charge is 2.27. The molecule has 2 unspecified atom stereocenters. The molecule has 0 aromatic rings. The van der Waals surface area contributed by atoms with E-state index in [1.165, 1.54) is 0 Å². The molecule has 0 radical (unpaired) electrons. The molecule has 0 aliphatic carbocycles. The summed E-state index contributed by atoms with van der Waals surface area (Å²) in [5.41, 5.74) is 0. The number of hydrogen-bond donors (Lipinski definition) is 1. The zero-order chi connectivity index (χ0) is 11.3. The van der Waals surface area contributed by atoms with Crippen LogP contribution in [0, 0.1) is 11.8 Å². The quantitative estimate of drug-likeness (QED) is 0.683. The highest BCUT2D eigenvalue weighted by molar-refractivity contribution is 4.96. The van der Waals surface area contributed by atoms with Crippen LogP contribution in [0.25, 0.3) is 0 Å². The van der Waals surface area contributed by atoms with Crippen molar-refractivity contribution in [2.45, 2.75) is 31.9 Å². The molecule has 0 spiro atoms. The van der Waals surface area contributed by atoms with Gasteiger partial charge in [0.15, 0.2) is 0 Å². The average molecular weight is 210 g/mol. The SMILES string of the molecule is CC#CCCC(O)C1CN(C)CCN1C. The van der Waals surface area contributed by atoms with Crippen molar-refractivity contribution >= 4 is 0 Å². The summed E-state index contributed by atoms with van der Waals surface area (Å²) in [7, 11) is 4.20. The second kappa shape index (κ2) is 6.12. The predicted octanol–water partition coefficient (Wildman–Crippen LogP) is 0.397. The molecule has 1 aliphatic heterocycles. The maximum absolute atomic E-state index is 10.1. The third-order valence-corrected chi connectivity index (χ3v) is 3.09. The van der Waals surface area contributed by atoms with Gasteiger partial charge in [0.2, 0.25) is 0 Å². The number of aliphatic hydroxyl groups excluding tert-OH is 1. The van der Waals surface area contributed by atoms with Gasteiger partial charge in [0.05, 0.1) is 6.10 Å². The van der Waals surface area contributed by atoms with Gasteiger partial charge in [-0.15, -0.1) is 11.8 Å². The fraction of sp³-hybridized carbons (Fsp3) is 0.833. The topological polar surface area (TPSA) is 26.7 Å². The highest BCUT2D eigenvalue weighted by atomic mass is 16.3. The van der Waals surface area contributed by atoms with Gasteiger partial charge in [-0.25, -0.2) is 0 Å². The average Bonchev–Trinajstić information content (AvgIpc) is 2.22. The predicted molar refractivity (Wildman–Crippen MR) is 62.6 cm³/mol. The van der Waals surface area contributed by atoms with Crippen LogP contribution >= 0.6 is 0 Å². The molecule has 1 N–H and O–H groups in total. The Labute approximate surface area is 93.1 Å². The van der Waals surface area contributed by atoms with Crippen molar-refractivity contribution in [3.63, 3.8) is 0 Å². The van der Waals surface area contributed by atoms with E-state index in [4.69, 9.17) is 0 Å². The van der Waals surface area contributed by atoms with Crippen molar-refractivity contribution in [3.8, 4) is 11.8 Å². The molecule has 15 heavy (non-hydrogen) atoms. The van der Waals surface area contributed by atoms with Gasteiger partial charge in [-0.2, -0.15) is 0 Å². The summed E-state index contributed by atoms with van der Waals surface area (Å²) in [6.45, 7) is 4.93. The summed E-state index contributed by atoms with van der Waals surface area (Å²) < 4.78 is 0. The van der Waals surface area contributed by atoms with Crippen molar-refractivity contribution < 1.29 is 5.11 Å². The van der Waals surface area contributed by atoms with E-state index >= 15 is 0 Å². The molecule has 0 aromatic carbocycles. The molecule has 1 aliphatic rings. The van der Waals surface area contributed by atoms with E-state index in [-0.39, 0.29) is 12.1 Å². The molecule has 0 bridgehead atoms. The van der Waals surface area contributed by atoms with E-state index in [1.807, 2.05) is 6.92 Å². The third kappa shape index (κ3) is 3.83. The number of nitrogens with zero attached hydrogens (tertiary/aromatic N) is 2. The minimum absolute atomic E-state index is 0.251. The van der Waals surface area contributed by atoms with Crippen molar-refractivity contribution in [1.29, 1.82) is 0 Å². The van der Waals surface area contributed by atoms with E-state index in [0.717, 1.165) is 32.5 Å². The molecule has 0 aromatic heterocycles. The van der Waals surface area contributed by atoms with E-state index in [9.17, 15) is 5.11 Å². The third-order valence-electron chi connectivity index (χ3n) is 3.09. The Balaban J connectivity index is 2.40. The van der Waals surface area contributed by atoms with Gasteiger partial charge in [0, 0.05) is 32.1 Å². The first-order valence-electron chi connectivity index (χ1n) is 5.61. The molecule has 3 heteroatoms. The Bertz CT molecular complexity index is 244. The van der Waals surface area contributed by atoms with Gasteiger partial charge in [0.25, 0.3) is 0 Å². The minimum atomic E-state index is -0.251. The molecule has 2 atom stereocenters. The van der Waals surface area contributed by atoms with Crippen LogP contribution in [-0.4, -0.2) is 60.8 Å². The van der Waals surface area contributed by atoms with Crippen molar-refractivity contribution in [3.05, 3.63) is 0 Å². The number of hydrogen-bond acceptors (Lipinski definition) is 3. The summed E-state index contributed by atoms with van der Waals surface area (Å²) in [5.74, 6) is 5.86. The zero-order valence-electron chi connectivity index (χ0n) is 10.0. The minimum Gasteiger partial charge on any atom is -0.391 e. The second-order valence-electron chi connectivity index (χ2n) is 4.34. The Hall–Kier alpha value is -0.560. The summed E-state index contributed by atoms with van der Waals surface area (Å²) in [6.07, 6.45) is 1.33. The molecule has 1 heterocycles. The zero-order valence-corrected chi connectivity index (χ0v) is 10.0. The molecular formula is C12H22N2O. The largest absolute Gasteiger partial charge is 0.391 e.